The zero-order valence-electron chi connectivity index (χ0n) is 57.6. The van der Waals surface area contributed by atoms with E-state index in [4.69, 9.17) is 30.2 Å². The van der Waals surface area contributed by atoms with Gasteiger partial charge >= 0.3 is 118 Å². The van der Waals surface area contributed by atoms with Crippen LogP contribution in [0.15, 0.2) is 142 Å². The SMILES string of the molecule is CC(C)(C)C1=Nn2nc(-c3ccc(NC(=O)c4ccc(C(=O)Nc5ccc(-c6nc7n(n6)N=C(C(C)(C)C)C7=Nc6ccc(N(CCCCS(=O)(=O)[O-])CCCCS(=O)(=O)[O-])cc6)cc5)cc4)cc3)nc2C1=Nc1ccc(N(CCCCS(=O)(=O)[O-])CCCCS(=O)(=O)[O-])cc1.[Na+].[Na+].[Na+].[Na+]. The summed E-state index contributed by atoms with van der Waals surface area (Å²) in [4.78, 5) is 53.2. The maximum absolute atomic E-state index is 13.5. The van der Waals surface area contributed by atoms with E-state index in [1.807, 2.05) is 75.6 Å². The Bertz CT molecular complexity index is 4230. The Morgan fingerprint density at radius 2 is 0.700 bits per heavy atom. The molecule has 5 aromatic carbocycles. The third-order valence-electron chi connectivity index (χ3n) is 15.3. The van der Waals surface area contributed by atoms with Crippen LogP contribution in [0, 0.1) is 10.8 Å². The summed E-state index contributed by atoms with van der Waals surface area (Å²) >= 11 is 0. The summed E-state index contributed by atoms with van der Waals surface area (Å²) in [5.74, 6) is -1.30. The smallest absolute Gasteiger partial charge is 0.748 e. The molecule has 0 aliphatic carbocycles. The number of aliphatic imine (C=N–C) groups is 2. The summed E-state index contributed by atoms with van der Waals surface area (Å²) in [7, 11) is -17.5. The molecule has 0 radical (unpaired) electrons. The average Bonchev–Trinajstić information content (AvgIpc) is 1.61. The normalized spacial score (nSPS) is 13.8. The van der Waals surface area contributed by atoms with Gasteiger partial charge in [-0.3, -0.25) is 9.59 Å². The average molecular weight is 1480 g/mol. The molecule has 4 heterocycles. The molecule has 9 rings (SSSR count). The van der Waals surface area contributed by atoms with Crippen LogP contribution in [0.3, 0.4) is 0 Å². The molecule has 0 bridgehead atoms. The second kappa shape index (κ2) is 36.8. The Balaban J connectivity index is 0.00000451. The molecule has 36 heteroatoms. The van der Waals surface area contributed by atoms with Crippen molar-refractivity contribution in [1.29, 1.82) is 0 Å². The minimum atomic E-state index is -4.38. The van der Waals surface area contributed by atoms with E-state index < -0.39 is 86.1 Å². The van der Waals surface area contributed by atoms with Gasteiger partial charge in [0.15, 0.2) is 11.6 Å². The largest absolute Gasteiger partial charge is 1.00 e. The van der Waals surface area contributed by atoms with E-state index in [2.05, 4.69) is 20.8 Å². The molecule has 0 spiro atoms. The fourth-order valence-corrected chi connectivity index (χ4v) is 12.6. The zero-order valence-corrected chi connectivity index (χ0v) is 68.8. The first-order valence-electron chi connectivity index (χ1n) is 30.8. The molecule has 0 atom stereocenters. The summed E-state index contributed by atoms with van der Waals surface area (Å²) in [5.41, 5.74) is 6.86. The molecule has 0 saturated carbocycles. The van der Waals surface area contributed by atoms with Crippen LogP contribution in [0.5, 0.6) is 0 Å². The third-order valence-corrected chi connectivity index (χ3v) is 18.4. The van der Waals surface area contributed by atoms with Gasteiger partial charge in [0.1, 0.15) is 11.4 Å². The predicted molar refractivity (Wildman–Crippen MR) is 363 cm³/mol. The van der Waals surface area contributed by atoms with Gasteiger partial charge in [-0.1, -0.05) is 41.5 Å². The van der Waals surface area contributed by atoms with E-state index in [9.17, 15) is 61.5 Å². The number of benzene rings is 5. The van der Waals surface area contributed by atoms with Gasteiger partial charge in [-0.2, -0.15) is 10.2 Å². The number of anilines is 4. The maximum Gasteiger partial charge on any atom is 1.00 e. The second-order valence-electron chi connectivity index (χ2n) is 25.1. The molecule has 28 nitrogen and oxygen atoms in total. The molecule has 2 N–H and O–H groups in total. The number of hydrogen-bond donors (Lipinski definition) is 2. The van der Waals surface area contributed by atoms with Crippen LogP contribution in [0.2, 0.25) is 0 Å². The molecule has 2 aliphatic heterocycles. The topological polar surface area (TPSA) is 404 Å². The van der Waals surface area contributed by atoms with E-state index in [0.29, 0.717) is 143 Å². The van der Waals surface area contributed by atoms with E-state index >= 15 is 0 Å². The molecule has 510 valence electrons. The molecule has 2 aromatic heterocycles. The van der Waals surface area contributed by atoms with Crippen molar-refractivity contribution in [3.63, 3.8) is 0 Å². The molecular formula is C64H72N14Na4O14S4. The standard InChI is InChI=1S/C64H76N14O14S4.4Na/c1-63(2,3)55-53(65-47-27-31-51(32-28-47)75(35-7-11-39-93(81,82)83)36-8-12-40-94(84,85)86)59-69-57(73-77(59)71-55)43-19-23-49(24-20-43)67-61(79)45-15-17-46(18-16-45)62(80)68-50-25-21-44(22-26-50)58-70-60-54(56(64(4,5)6)72-78(60)74-58)66-48-29-33-52(34-30-48)76(37-9-13-41-95(87,88)89)38-10-14-42-96(90,91)92;;;;/h15-34H,7-14,35-42H2,1-6H3,(H,67,79)(H,68,80)(H,81,82,83)(H,84,85,86)(H,87,88,89)(H,90,91,92);;;;/q;4*+1/p-4. The van der Waals surface area contributed by atoms with Gasteiger partial charge in [0.25, 0.3) is 11.8 Å². The van der Waals surface area contributed by atoms with Crippen LogP contribution < -0.4 is 139 Å². The minimum absolute atomic E-state index is 0. The molecule has 0 fully saturated rings. The van der Waals surface area contributed by atoms with E-state index in [-0.39, 0.29) is 144 Å². The first-order chi connectivity index (χ1) is 45.1. The van der Waals surface area contributed by atoms with E-state index in [0.717, 1.165) is 11.4 Å². The summed E-state index contributed by atoms with van der Waals surface area (Å²) < 4.78 is 134. The number of rotatable bonds is 30. The van der Waals surface area contributed by atoms with Gasteiger partial charge in [0.2, 0.25) is 11.6 Å². The Kier molecular flexibility index (Phi) is 31.6. The summed E-state index contributed by atoms with van der Waals surface area (Å²) in [6.45, 7) is 13.5. The Morgan fingerprint density at radius 3 is 0.960 bits per heavy atom. The van der Waals surface area contributed by atoms with Crippen LogP contribution >= 0.6 is 0 Å². The number of fused-ring (bicyclic) bond motifs is 2. The predicted octanol–water partition coefficient (Wildman–Crippen LogP) is -3.59. The number of unbranched alkanes of at least 4 members (excludes halogenated alkanes) is 4. The molecule has 2 amide bonds. The first kappa shape index (κ1) is 85.9. The number of nitrogens with one attached hydrogen (secondary N) is 2. The van der Waals surface area contributed by atoms with Crippen molar-refractivity contribution >= 4 is 109 Å². The van der Waals surface area contributed by atoms with E-state index in [1.165, 1.54) is 9.58 Å². The first-order valence-corrected chi connectivity index (χ1v) is 37.1. The number of nitrogens with zero attached hydrogens (tertiary/aromatic N) is 12. The molecule has 0 saturated heterocycles. The number of amides is 2. The number of carbonyl (C=O) groups is 2. The monoisotopic (exact) mass is 1480 g/mol. The van der Waals surface area contributed by atoms with Crippen molar-refractivity contribution in [3.8, 4) is 22.8 Å². The minimum Gasteiger partial charge on any atom is -0.748 e. The quantitative estimate of drug-likeness (QED) is 0.0250. The van der Waals surface area contributed by atoms with Gasteiger partial charge in [0.05, 0.1) is 63.3 Å². The third kappa shape index (κ3) is 25.3. The van der Waals surface area contributed by atoms with Crippen molar-refractivity contribution < 1.29 is 180 Å². The van der Waals surface area contributed by atoms with Gasteiger partial charge in [0, 0.05) is 105 Å². The van der Waals surface area contributed by atoms with Crippen molar-refractivity contribution in [2.75, 3.05) is 69.6 Å². The van der Waals surface area contributed by atoms with Crippen molar-refractivity contribution in [2.24, 2.45) is 31.0 Å². The molecule has 7 aromatic rings. The van der Waals surface area contributed by atoms with Crippen molar-refractivity contribution in [2.45, 2.75) is 92.9 Å². The van der Waals surface area contributed by atoms with Gasteiger partial charge < -0.3 is 38.6 Å². The number of hydrogen-bond acceptors (Lipinski definition) is 24. The van der Waals surface area contributed by atoms with Crippen LogP contribution in [-0.2, 0) is 40.5 Å². The van der Waals surface area contributed by atoms with Gasteiger partial charge in [-0.15, -0.1) is 19.8 Å². The van der Waals surface area contributed by atoms with Crippen LogP contribution in [0.1, 0.15) is 125 Å². The van der Waals surface area contributed by atoms with Crippen molar-refractivity contribution in [1.82, 2.24) is 29.7 Å². The van der Waals surface area contributed by atoms with E-state index in [1.54, 1.807) is 97.1 Å². The number of carbonyl (C=O) groups excluding carboxylic acids is 2. The molecule has 0 unspecified atom stereocenters. The zero-order chi connectivity index (χ0) is 69.4. The van der Waals surface area contributed by atoms with Gasteiger partial charge in [-0.25, -0.2) is 53.6 Å². The van der Waals surface area contributed by atoms with Crippen LogP contribution in [0.4, 0.5) is 34.1 Å². The maximum atomic E-state index is 13.5. The summed E-state index contributed by atoms with van der Waals surface area (Å²) in [5, 5.41) is 24.7. The van der Waals surface area contributed by atoms with Crippen molar-refractivity contribution in [3.05, 3.63) is 144 Å². The number of aromatic nitrogens is 6. The van der Waals surface area contributed by atoms with Gasteiger partial charge in [-0.05, 0) is 173 Å². The molecule has 2 aliphatic rings. The Hall–Kier alpha value is -4.76. The Labute approximate surface area is 671 Å². The summed E-state index contributed by atoms with van der Waals surface area (Å²) in [6, 6.07) is 34.5. The Morgan fingerprint density at radius 1 is 0.420 bits per heavy atom. The summed E-state index contributed by atoms with van der Waals surface area (Å²) in [6.07, 6.45) is 2.16. The fraction of sp³-hybridized carbons (Fsp3) is 0.375. The second-order valence-corrected chi connectivity index (χ2v) is 31.2. The molecular weight excluding hydrogens is 1410 g/mol. The van der Waals surface area contributed by atoms with Crippen LogP contribution in [-0.4, -0.2) is 165 Å². The van der Waals surface area contributed by atoms with Crippen LogP contribution in [0.25, 0.3) is 22.8 Å². The fourth-order valence-electron chi connectivity index (χ4n) is 10.4. The molecule has 100 heavy (non-hydrogen) atoms.